The minimum atomic E-state index is -1.11. The molecular formula is C16H19FN2O3. The molecule has 3 rings (SSSR count). The van der Waals surface area contributed by atoms with E-state index in [-0.39, 0.29) is 11.6 Å². The number of hydrogen-bond donors (Lipinski definition) is 1. The summed E-state index contributed by atoms with van der Waals surface area (Å²) in [5.41, 5.74) is 0.980. The Bertz CT molecular complexity index is 690. The Labute approximate surface area is 127 Å². The number of carboxylic acid groups (broad SMARTS) is 1. The molecule has 1 saturated heterocycles. The second-order valence-electron chi connectivity index (χ2n) is 5.57. The highest BCUT2D eigenvalue weighted by Gasteiger charge is 2.24. The van der Waals surface area contributed by atoms with Crippen molar-refractivity contribution in [2.24, 2.45) is 0 Å². The number of piperazine rings is 1. The van der Waals surface area contributed by atoms with E-state index in [2.05, 4.69) is 16.7 Å². The van der Waals surface area contributed by atoms with Gasteiger partial charge in [0.2, 0.25) is 5.76 Å². The summed E-state index contributed by atoms with van der Waals surface area (Å²) in [4.78, 5) is 15.9. The quantitative estimate of drug-likeness (QED) is 0.940. The van der Waals surface area contributed by atoms with E-state index in [0.29, 0.717) is 23.1 Å². The molecule has 1 N–H and O–H groups in total. The number of nitrogens with zero attached hydrogens (tertiary/aromatic N) is 2. The maximum atomic E-state index is 13.5. The molecule has 0 aliphatic carbocycles. The van der Waals surface area contributed by atoms with Gasteiger partial charge >= 0.3 is 5.97 Å². The van der Waals surface area contributed by atoms with Gasteiger partial charge in [-0.2, -0.15) is 0 Å². The first kappa shape index (κ1) is 15.0. The third-order valence-corrected chi connectivity index (χ3v) is 4.24. The molecule has 0 atom stereocenters. The van der Waals surface area contributed by atoms with Crippen molar-refractivity contribution in [1.82, 2.24) is 9.80 Å². The van der Waals surface area contributed by atoms with Crippen molar-refractivity contribution >= 4 is 16.9 Å². The summed E-state index contributed by atoms with van der Waals surface area (Å²) in [6.45, 7) is 7.28. The van der Waals surface area contributed by atoms with Gasteiger partial charge in [0, 0.05) is 43.7 Å². The summed E-state index contributed by atoms with van der Waals surface area (Å²) >= 11 is 0. The van der Waals surface area contributed by atoms with E-state index in [1.807, 2.05) is 0 Å². The summed E-state index contributed by atoms with van der Waals surface area (Å²) < 4.78 is 18.9. The third kappa shape index (κ3) is 2.84. The minimum absolute atomic E-state index is 0.0847. The molecule has 6 heteroatoms. The zero-order valence-electron chi connectivity index (χ0n) is 12.5. The van der Waals surface area contributed by atoms with E-state index in [1.165, 1.54) is 18.2 Å². The SMILES string of the molecule is CCN1CCN(Cc2c(C(=O)O)oc3ccc(F)cc23)CC1. The van der Waals surface area contributed by atoms with Crippen molar-refractivity contribution in [1.29, 1.82) is 0 Å². The molecule has 1 aromatic carbocycles. The van der Waals surface area contributed by atoms with Crippen LogP contribution in [0.15, 0.2) is 22.6 Å². The molecule has 1 aliphatic rings. The van der Waals surface area contributed by atoms with Crippen molar-refractivity contribution in [2.45, 2.75) is 13.5 Å². The molecule has 0 bridgehead atoms. The Kier molecular flexibility index (Phi) is 4.13. The topological polar surface area (TPSA) is 56.9 Å². The van der Waals surface area contributed by atoms with Gasteiger partial charge in [-0.05, 0) is 24.7 Å². The van der Waals surface area contributed by atoms with E-state index >= 15 is 0 Å². The number of furan rings is 1. The maximum Gasteiger partial charge on any atom is 0.372 e. The molecule has 1 aliphatic heterocycles. The summed E-state index contributed by atoms with van der Waals surface area (Å²) in [5.74, 6) is -1.58. The molecule has 118 valence electrons. The summed E-state index contributed by atoms with van der Waals surface area (Å²) in [6, 6.07) is 4.11. The maximum absolute atomic E-state index is 13.5. The molecule has 1 aromatic heterocycles. The summed E-state index contributed by atoms with van der Waals surface area (Å²) in [5, 5.41) is 9.88. The lowest BCUT2D eigenvalue weighted by Crippen LogP contribution is -2.45. The fourth-order valence-corrected chi connectivity index (χ4v) is 2.94. The molecule has 0 amide bonds. The highest BCUT2D eigenvalue weighted by Crippen LogP contribution is 2.28. The van der Waals surface area contributed by atoms with Crippen molar-refractivity contribution in [3.8, 4) is 0 Å². The van der Waals surface area contributed by atoms with E-state index in [0.717, 1.165) is 32.7 Å². The number of carbonyl (C=O) groups is 1. The fraction of sp³-hybridized carbons (Fsp3) is 0.438. The summed E-state index contributed by atoms with van der Waals surface area (Å²) in [7, 11) is 0. The van der Waals surface area contributed by atoms with E-state index in [4.69, 9.17) is 4.42 Å². The lowest BCUT2D eigenvalue weighted by Gasteiger charge is -2.33. The van der Waals surface area contributed by atoms with Crippen molar-refractivity contribution in [2.75, 3.05) is 32.7 Å². The van der Waals surface area contributed by atoms with Crippen molar-refractivity contribution < 1.29 is 18.7 Å². The Morgan fingerprint density at radius 1 is 1.27 bits per heavy atom. The van der Waals surface area contributed by atoms with Crippen LogP contribution in [0, 0.1) is 5.82 Å². The average Bonchev–Trinajstić information content (AvgIpc) is 2.86. The highest BCUT2D eigenvalue weighted by molar-refractivity contribution is 5.95. The molecular weight excluding hydrogens is 287 g/mol. The normalized spacial score (nSPS) is 17.2. The standard InChI is InChI=1S/C16H19FN2O3/c1-2-18-5-7-19(8-6-18)10-13-12-9-11(17)3-4-14(12)22-15(13)16(20)21/h3-4,9H,2,5-8,10H2,1H3,(H,20,21). The van der Waals surface area contributed by atoms with Gasteiger partial charge in [-0.15, -0.1) is 0 Å². The van der Waals surface area contributed by atoms with E-state index in [9.17, 15) is 14.3 Å². The number of aromatic carboxylic acids is 1. The van der Waals surface area contributed by atoms with Crippen LogP contribution in [0.25, 0.3) is 11.0 Å². The zero-order valence-corrected chi connectivity index (χ0v) is 12.5. The molecule has 5 nitrogen and oxygen atoms in total. The van der Waals surface area contributed by atoms with Crippen LogP contribution in [0.5, 0.6) is 0 Å². The average molecular weight is 306 g/mol. The Balaban J connectivity index is 1.90. The van der Waals surface area contributed by atoms with Gasteiger partial charge in [-0.25, -0.2) is 9.18 Å². The number of benzene rings is 1. The van der Waals surface area contributed by atoms with Crippen molar-refractivity contribution in [3.05, 3.63) is 35.3 Å². The predicted molar refractivity (Wildman–Crippen MR) is 80.5 cm³/mol. The van der Waals surface area contributed by atoms with E-state index in [1.54, 1.807) is 0 Å². The van der Waals surface area contributed by atoms with Crippen LogP contribution >= 0.6 is 0 Å². The van der Waals surface area contributed by atoms with Crippen LogP contribution in [-0.2, 0) is 6.54 Å². The number of halogens is 1. The highest BCUT2D eigenvalue weighted by atomic mass is 19.1. The van der Waals surface area contributed by atoms with Gasteiger partial charge in [0.1, 0.15) is 11.4 Å². The number of hydrogen-bond acceptors (Lipinski definition) is 4. The molecule has 0 spiro atoms. The first-order valence-corrected chi connectivity index (χ1v) is 7.47. The smallest absolute Gasteiger partial charge is 0.372 e. The predicted octanol–water partition coefficient (Wildman–Crippen LogP) is 2.41. The molecule has 0 saturated carbocycles. The molecule has 0 unspecified atom stereocenters. The van der Waals surface area contributed by atoms with Crippen molar-refractivity contribution in [3.63, 3.8) is 0 Å². The Morgan fingerprint density at radius 3 is 2.59 bits per heavy atom. The van der Waals surface area contributed by atoms with Gasteiger partial charge in [0.05, 0.1) is 0 Å². The zero-order chi connectivity index (χ0) is 15.7. The van der Waals surface area contributed by atoms with Gasteiger partial charge < -0.3 is 14.4 Å². The van der Waals surface area contributed by atoms with Gasteiger partial charge in [-0.1, -0.05) is 6.92 Å². The van der Waals surface area contributed by atoms with E-state index < -0.39 is 5.97 Å². The largest absolute Gasteiger partial charge is 0.475 e. The lowest BCUT2D eigenvalue weighted by atomic mass is 10.1. The number of likely N-dealkylation sites (N-methyl/N-ethyl adjacent to an activating group) is 1. The fourth-order valence-electron chi connectivity index (χ4n) is 2.94. The first-order valence-electron chi connectivity index (χ1n) is 7.47. The molecule has 0 radical (unpaired) electrons. The van der Waals surface area contributed by atoms with Crippen LogP contribution in [0.1, 0.15) is 23.0 Å². The Morgan fingerprint density at radius 2 is 1.95 bits per heavy atom. The van der Waals surface area contributed by atoms with Gasteiger partial charge in [0.25, 0.3) is 0 Å². The van der Waals surface area contributed by atoms with Crippen LogP contribution in [0.4, 0.5) is 4.39 Å². The van der Waals surface area contributed by atoms with Crippen LogP contribution in [-0.4, -0.2) is 53.6 Å². The van der Waals surface area contributed by atoms with Crippen LogP contribution < -0.4 is 0 Å². The molecule has 22 heavy (non-hydrogen) atoms. The molecule has 2 aromatic rings. The number of fused-ring (bicyclic) bond motifs is 1. The Hall–Kier alpha value is -1.92. The summed E-state index contributed by atoms with van der Waals surface area (Å²) in [6.07, 6.45) is 0. The monoisotopic (exact) mass is 306 g/mol. The van der Waals surface area contributed by atoms with Crippen LogP contribution in [0.3, 0.4) is 0 Å². The minimum Gasteiger partial charge on any atom is -0.475 e. The molecule has 1 fully saturated rings. The lowest BCUT2D eigenvalue weighted by molar-refractivity contribution is 0.0659. The first-order chi connectivity index (χ1) is 10.6. The van der Waals surface area contributed by atoms with Gasteiger partial charge in [0.15, 0.2) is 0 Å². The van der Waals surface area contributed by atoms with Crippen LogP contribution in [0.2, 0.25) is 0 Å². The second-order valence-corrected chi connectivity index (χ2v) is 5.57. The molecule has 2 heterocycles. The second kappa shape index (κ2) is 6.06. The number of rotatable bonds is 4. The number of carboxylic acids is 1. The third-order valence-electron chi connectivity index (χ3n) is 4.24. The van der Waals surface area contributed by atoms with Gasteiger partial charge in [-0.3, -0.25) is 4.90 Å².